The van der Waals surface area contributed by atoms with E-state index in [-0.39, 0.29) is 41.3 Å². The largest absolute Gasteiger partial charge is 0.329 e. The summed E-state index contributed by atoms with van der Waals surface area (Å²) in [7, 11) is 0. The molecule has 3 fully saturated rings. The Morgan fingerprint density at radius 2 is 1.95 bits per heavy atom. The van der Waals surface area contributed by atoms with E-state index in [1.807, 2.05) is 0 Å². The number of fused-ring (bicyclic) bond motifs is 2. The van der Waals surface area contributed by atoms with Crippen LogP contribution in [-0.2, 0) is 17.8 Å². The van der Waals surface area contributed by atoms with Crippen LogP contribution < -0.4 is 16.2 Å². The number of hydrogen-bond donors (Lipinski definition) is 3. The molecule has 0 bridgehead atoms. The highest BCUT2D eigenvalue weighted by molar-refractivity contribution is 5.94. The topological polar surface area (TPSA) is 104 Å². The molecule has 0 spiro atoms. The number of carbonyl (C=O) groups excluding carboxylic acids is 2. The predicted octanol–water partition coefficient (Wildman–Crippen LogP) is 2.45. The monoisotopic (exact) mass is 509 g/mol. The summed E-state index contributed by atoms with van der Waals surface area (Å²) in [5.74, 6) is 1.70. The number of hydrazine groups is 1. The van der Waals surface area contributed by atoms with Crippen molar-refractivity contribution in [2.24, 2.45) is 11.8 Å². The van der Waals surface area contributed by atoms with Gasteiger partial charge < -0.3 is 14.8 Å². The zero-order chi connectivity index (χ0) is 25.5. The van der Waals surface area contributed by atoms with E-state index in [4.69, 9.17) is 0 Å². The van der Waals surface area contributed by atoms with E-state index in [9.17, 15) is 14.0 Å². The predicted molar refractivity (Wildman–Crippen MR) is 135 cm³/mol. The van der Waals surface area contributed by atoms with Gasteiger partial charge in [-0.3, -0.25) is 15.0 Å². The van der Waals surface area contributed by atoms with Crippen molar-refractivity contribution in [1.82, 2.24) is 35.8 Å². The summed E-state index contributed by atoms with van der Waals surface area (Å²) in [4.78, 5) is 27.5. The standard InChI is InChI=1S/C27H36FN7O2/c1-16-14-34(15-24-31-32-25(35(16)24)18-8-10-29-11-9-18)27(37)21-12-17(6-7-22(21)28)13-23-19-4-2-3-5-20(19)26(36)33-30-23/h6-7,12,16,18-20,23,29-30H,2-5,8-11,13-15H2,1H3,(H,33,36). The Kier molecular flexibility index (Phi) is 6.71. The maximum atomic E-state index is 15.0. The normalized spacial score (nSPS) is 28.4. The van der Waals surface area contributed by atoms with E-state index in [1.54, 1.807) is 17.0 Å². The van der Waals surface area contributed by atoms with Gasteiger partial charge in [-0.05, 0) is 75.7 Å². The van der Waals surface area contributed by atoms with Crippen molar-refractivity contribution in [3.05, 3.63) is 46.8 Å². The molecule has 10 heteroatoms. The minimum Gasteiger partial charge on any atom is -0.329 e. The fourth-order valence-corrected chi connectivity index (χ4v) is 6.89. The van der Waals surface area contributed by atoms with Crippen molar-refractivity contribution in [3.63, 3.8) is 0 Å². The van der Waals surface area contributed by atoms with Crippen molar-refractivity contribution in [3.8, 4) is 0 Å². The van der Waals surface area contributed by atoms with Crippen LogP contribution in [0.3, 0.4) is 0 Å². The first-order chi connectivity index (χ1) is 18.0. The molecule has 2 amide bonds. The van der Waals surface area contributed by atoms with Gasteiger partial charge in [0.1, 0.15) is 11.6 Å². The molecule has 3 N–H and O–H groups in total. The van der Waals surface area contributed by atoms with Crippen molar-refractivity contribution < 1.29 is 14.0 Å². The van der Waals surface area contributed by atoms with Crippen LogP contribution in [0.5, 0.6) is 0 Å². The molecule has 2 saturated heterocycles. The molecule has 4 heterocycles. The highest BCUT2D eigenvalue weighted by atomic mass is 19.1. The summed E-state index contributed by atoms with van der Waals surface area (Å²) >= 11 is 0. The maximum absolute atomic E-state index is 15.0. The number of aromatic nitrogens is 3. The first-order valence-electron chi connectivity index (χ1n) is 13.8. The number of nitrogens with one attached hydrogen (secondary N) is 3. The quantitative estimate of drug-likeness (QED) is 0.585. The molecule has 198 valence electrons. The molecule has 1 aliphatic carbocycles. The van der Waals surface area contributed by atoms with Gasteiger partial charge >= 0.3 is 0 Å². The van der Waals surface area contributed by atoms with Crippen LogP contribution in [0.4, 0.5) is 4.39 Å². The number of amides is 2. The second-order valence-electron chi connectivity index (χ2n) is 11.2. The number of halogens is 1. The SMILES string of the molecule is CC1CN(C(=O)c2cc(CC3NNC(=O)C4CCCCC34)ccc2F)Cc2nnc(C3CCNCC3)n21. The Hall–Kier alpha value is -2.85. The number of nitrogens with zero attached hydrogens (tertiary/aromatic N) is 4. The van der Waals surface area contributed by atoms with Crippen LogP contribution in [0.25, 0.3) is 0 Å². The molecule has 4 atom stereocenters. The minimum atomic E-state index is -0.510. The van der Waals surface area contributed by atoms with Gasteiger partial charge in [-0.25, -0.2) is 9.82 Å². The summed E-state index contributed by atoms with van der Waals surface area (Å²) in [6.07, 6.45) is 6.83. The number of piperidine rings is 1. The molecule has 1 saturated carbocycles. The second kappa shape index (κ2) is 10.1. The zero-order valence-electron chi connectivity index (χ0n) is 21.4. The van der Waals surface area contributed by atoms with Crippen LogP contribution in [0.2, 0.25) is 0 Å². The molecule has 3 aliphatic heterocycles. The van der Waals surface area contributed by atoms with E-state index in [0.29, 0.717) is 25.4 Å². The van der Waals surface area contributed by atoms with Gasteiger partial charge in [0.05, 0.1) is 18.2 Å². The maximum Gasteiger partial charge on any atom is 0.257 e. The number of benzene rings is 1. The number of hydrogen-bond acceptors (Lipinski definition) is 6. The lowest BCUT2D eigenvalue weighted by molar-refractivity contribution is -0.133. The third kappa shape index (κ3) is 4.65. The Labute approximate surface area is 216 Å². The Morgan fingerprint density at radius 3 is 2.78 bits per heavy atom. The van der Waals surface area contributed by atoms with Crippen molar-refractivity contribution in [2.75, 3.05) is 19.6 Å². The summed E-state index contributed by atoms with van der Waals surface area (Å²) < 4.78 is 17.1. The lowest BCUT2D eigenvalue weighted by Gasteiger charge is -2.41. The molecule has 1 aromatic heterocycles. The van der Waals surface area contributed by atoms with Crippen LogP contribution in [0.15, 0.2) is 18.2 Å². The second-order valence-corrected chi connectivity index (χ2v) is 11.2. The Balaban J connectivity index is 1.19. The molecule has 0 radical (unpaired) electrons. The van der Waals surface area contributed by atoms with Gasteiger partial charge in [-0.1, -0.05) is 18.9 Å². The molecular weight excluding hydrogens is 473 g/mol. The molecule has 4 aliphatic rings. The van der Waals surface area contributed by atoms with Crippen molar-refractivity contribution in [2.45, 2.75) is 76.4 Å². The molecular formula is C27H36FN7O2. The van der Waals surface area contributed by atoms with Gasteiger partial charge in [0, 0.05) is 24.4 Å². The molecule has 2 aromatic rings. The summed E-state index contributed by atoms with van der Waals surface area (Å²) in [5.41, 5.74) is 7.00. The van der Waals surface area contributed by atoms with Gasteiger partial charge in [0.25, 0.3) is 5.91 Å². The number of rotatable bonds is 4. The lowest BCUT2D eigenvalue weighted by atomic mass is 9.72. The van der Waals surface area contributed by atoms with Crippen LogP contribution in [0.1, 0.15) is 85.0 Å². The Bertz CT molecular complexity index is 1180. The van der Waals surface area contributed by atoms with Crippen molar-refractivity contribution >= 4 is 11.8 Å². The first-order valence-corrected chi connectivity index (χ1v) is 13.8. The van der Waals surface area contributed by atoms with Crippen LogP contribution in [0, 0.1) is 17.7 Å². The average Bonchev–Trinajstić information content (AvgIpc) is 3.36. The van der Waals surface area contributed by atoms with Gasteiger partial charge in [0.15, 0.2) is 5.82 Å². The van der Waals surface area contributed by atoms with E-state index in [0.717, 1.165) is 68.8 Å². The zero-order valence-corrected chi connectivity index (χ0v) is 21.4. The molecule has 9 nitrogen and oxygen atoms in total. The van der Waals surface area contributed by atoms with E-state index in [2.05, 4.69) is 37.9 Å². The van der Waals surface area contributed by atoms with Crippen LogP contribution in [-0.4, -0.2) is 57.2 Å². The summed E-state index contributed by atoms with van der Waals surface area (Å²) in [6.45, 7) is 4.85. The first kappa shape index (κ1) is 24.5. The van der Waals surface area contributed by atoms with Crippen LogP contribution >= 0.6 is 0 Å². The fourth-order valence-electron chi connectivity index (χ4n) is 6.89. The minimum absolute atomic E-state index is 0.0251. The lowest BCUT2D eigenvalue weighted by Crippen LogP contribution is -2.60. The highest BCUT2D eigenvalue weighted by Crippen LogP contribution is 2.36. The van der Waals surface area contributed by atoms with Gasteiger partial charge in [0.2, 0.25) is 5.91 Å². The third-order valence-corrected chi connectivity index (χ3v) is 8.81. The third-order valence-electron chi connectivity index (χ3n) is 8.81. The molecule has 4 unspecified atom stereocenters. The summed E-state index contributed by atoms with van der Waals surface area (Å²) in [6, 6.07) is 4.93. The smallest absolute Gasteiger partial charge is 0.257 e. The Morgan fingerprint density at radius 1 is 1.14 bits per heavy atom. The van der Waals surface area contributed by atoms with E-state index < -0.39 is 5.82 Å². The van der Waals surface area contributed by atoms with E-state index >= 15 is 0 Å². The average molecular weight is 510 g/mol. The van der Waals surface area contributed by atoms with Gasteiger partial charge in [-0.2, -0.15) is 0 Å². The summed E-state index contributed by atoms with van der Waals surface area (Å²) in [5, 5.41) is 12.3. The molecule has 1 aromatic carbocycles. The van der Waals surface area contributed by atoms with E-state index in [1.165, 1.54) is 6.07 Å². The van der Waals surface area contributed by atoms with Crippen molar-refractivity contribution in [1.29, 1.82) is 0 Å². The number of carbonyl (C=O) groups is 2. The fraction of sp³-hybridized carbons (Fsp3) is 0.630. The highest BCUT2D eigenvalue weighted by Gasteiger charge is 2.40. The molecule has 6 rings (SSSR count). The van der Waals surface area contributed by atoms with Gasteiger partial charge in [-0.15, -0.1) is 10.2 Å². The molecule has 37 heavy (non-hydrogen) atoms.